The molecular formula is C18H28N6O6S. The van der Waals surface area contributed by atoms with E-state index >= 15 is 0 Å². The van der Waals surface area contributed by atoms with Gasteiger partial charge in [-0.1, -0.05) is 18.2 Å². The van der Waals surface area contributed by atoms with Crippen molar-refractivity contribution < 1.29 is 27.9 Å². The number of guanidine groups is 1. The molecule has 0 radical (unpaired) electrons. The molecule has 0 spiro atoms. The zero-order chi connectivity index (χ0) is 23.4. The second-order valence-corrected chi connectivity index (χ2v) is 8.31. The molecule has 0 aliphatic heterocycles. The van der Waals surface area contributed by atoms with Crippen molar-refractivity contribution in [1.82, 2.24) is 15.4 Å². The molecule has 0 aliphatic carbocycles. The SMILES string of the molecule is C[C@H](NC(=O)C(CO)NS(=O)(=O)c1ccccc1)C(=O)NC(C=O)CCCN=C(N)N. The molecule has 172 valence electrons. The van der Waals surface area contributed by atoms with Crippen LogP contribution in [0.5, 0.6) is 0 Å². The third-order valence-corrected chi connectivity index (χ3v) is 5.55. The highest BCUT2D eigenvalue weighted by molar-refractivity contribution is 7.89. The Balaban J connectivity index is 2.64. The van der Waals surface area contributed by atoms with Crippen molar-refractivity contribution in [3.8, 4) is 0 Å². The van der Waals surface area contributed by atoms with Crippen LogP contribution in [0, 0.1) is 0 Å². The van der Waals surface area contributed by atoms with Crippen LogP contribution in [0.3, 0.4) is 0 Å². The quantitative estimate of drug-likeness (QED) is 0.0812. The summed E-state index contributed by atoms with van der Waals surface area (Å²) >= 11 is 0. The Bertz CT molecular complexity index is 873. The smallest absolute Gasteiger partial charge is 0.242 e. The third kappa shape index (κ3) is 9.11. The number of aldehydes is 1. The molecular weight excluding hydrogens is 428 g/mol. The Morgan fingerprint density at radius 2 is 1.81 bits per heavy atom. The number of rotatable bonds is 13. The van der Waals surface area contributed by atoms with E-state index in [-0.39, 0.29) is 23.8 Å². The first kappa shape index (κ1) is 26.0. The summed E-state index contributed by atoms with van der Waals surface area (Å²) in [5, 5.41) is 14.2. The Morgan fingerprint density at radius 3 is 2.35 bits per heavy atom. The lowest BCUT2D eigenvalue weighted by Crippen LogP contribution is -2.55. The maximum absolute atomic E-state index is 12.3. The zero-order valence-corrected chi connectivity index (χ0v) is 17.8. The summed E-state index contributed by atoms with van der Waals surface area (Å²) in [6, 6.07) is 3.89. The van der Waals surface area contributed by atoms with Gasteiger partial charge >= 0.3 is 0 Å². The minimum atomic E-state index is -4.06. The van der Waals surface area contributed by atoms with E-state index in [1.54, 1.807) is 6.07 Å². The Hall–Kier alpha value is -3.03. The fraction of sp³-hybridized carbons (Fsp3) is 0.444. The van der Waals surface area contributed by atoms with Gasteiger partial charge < -0.3 is 32.0 Å². The number of hydrogen-bond acceptors (Lipinski definition) is 7. The lowest BCUT2D eigenvalue weighted by Gasteiger charge is -2.21. The fourth-order valence-electron chi connectivity index (χ4n) is 2.41. The Labute approximate surface area is 180 Å². The van der Waals surface area contributed by atoms with E-state index in [4.69, 9.17) is 11.5 Å². The first-order chi connectivity index (χ1) is 14.6. The second kappa shape index (κ2) is 12.6. The summed E-state index contributed by atoms with van der Waals surface area (Å²) in [6.07, 6.45) is 1.27. The van der Waals surface area contributed by atoms with Crippen LogP contribution in [0.2, 0.25) is 0 Å². The van der Waals surface area contributed by atoms with Crippen molar-refractivity contribution in [2.24, 2.45) is 16.5 Å². The summed E-state index contributed by atoms with van der Waals surface area (Å²) in [7, 11) is -4.06. The standard InChI is InChI=1S/C18H28N6O6S/c1-12(16(27)23-13(10-25)6-5-9-21-18(19)20)22-17(28)15(11-26)24-31(29,30)14-7-3-2-4-8-14/h2-4,7-8,10,12-13,15,24,26H,5-6,9,11H2,1H3,(H,22,28)(H,23,27)(H4,19,20,21)/t12-,13?,15?/m0/s1. The highest BCUT2D eigenvalue weighted by Crippen LogP contribution is 2.08. The zero-order valence-electron chi connectivity index (χ0n) is 17.0. The number of aliphatic imine (C=N–C) groups is 1. The Kier molecular flexibility index (Phi) is 10.6. The molecule has 2 amide bonds. The molecule has 0 bridgehead atoms. The van der Waals surface area contributed by atoms with E-state index in [1.807, 2.05) is 0 Å². The molecule has 0 saturated carbocycles. The average Bonchev–Trinajstić information content (AvgIpc) is 2.74. The number of carbonyl (C=O) groups excluding carboxylic acids is 3. The number of amides is 2. The largest absolute Gasteiger partial charge is 0.394 e. The number of hydrogen-bond donors (Lipinski definition) is 6. The van der Waals surface area contributed by atoms with Crippen molar-refractivity contribution >= 4 is 34.1 Å². The molecule has 3 atom stereocenters. The molecule has 2 unspecified atom stereocenters. The van der Waals surface area contributed by atoms with E-state index in [0.29, 0.717) is 12.7 Å². The molecule has 0 aromatic heterocycles. The van der Waals surface area contributed by atoms with Crippen LogP contribution in [0.1, 0.15) is 19.8 Å². The highest BCUT2D eigenvalue weighted by Gasteiger charge is 2.27. The van der Waals surface area contributed by atoms with Gasteiger partial charge in [0.1, 0.15) is 18.4 Å². The fourth-order valence-corrected chi connectivity index (χ4v) is 3.62. The van der Waals surface area contributed by atoms with E-state index in [2.05, 4.69) is 20.3 Å². The minimum Gasteiger partial charge on any atom is -0.394 e. The summed E-state index contributed by atoms with van der Waals surface area (Å²) in [6.45, 7) is 0.817. The number of nitrogens with one attached hydrogen (secondary N) is 3. The maximum atomic E-state index is 12.3. The highest BCUT2D eigenvalue weighted by atomic mass is 32.2. The van der Waals surface area contributed by atoms with Gasteiger partial charge in [-0.05, 0) is 31.9 Å². The predicted molar refractivity (Wildman–Crippen MR) is 113 cm³/mol. The second-order valence-electron chi connectivity index (χ2n) is 6.60. The Morgan fingerprint density at radius 1 is 1.16 bits per heavy atom. The van der Waals surface area contributed by atoms with Crippen LogP contribution in [0.4, 0.5) is 0 Å². The van der Waals surface area contributed by atoms with Crippen molar-refractivity contribution in [3.05, 3.63) is 30.3 Å². The first-order valence-electron chi connectivity index (χ1n) is 9.40. The van der Waals surface area contributed by atoms with Crippen LogP contribution in [0.25, 0.3) is 0 Å². The molecule has 12 nitrogen and oxygen atoms in total. The summed E-state index contributed by atoms with van der Waals surface area (Å²) in [5.41, 5.74) is 10.4. The number of carbonyl (C=O) groups is 3. The molecule has 1 aromatic carbocycles. The first-order valence-corrected chi connectivity index (χ1v) is 10.9. The summed E-state index contributed by atoms with van der Waals surface area (Å²) < 4.78 is 26.8. The molecule has 0 fully saturated rings. The number of nitrogens with two attached hydrogens (primary N) is 2. The molecule has 0 saturated heterocycles. The van der Waals surface area contributed by atoms with Crippen LogP contribution in [-0.4, -0.2) is 68.9 Å². The number of nitrogens with zero attached hydrogens (tertiary/aromatic N) is 1. The lowest BCUT2D eigenvalue weighted by molar-refractivity contribution is -0.130. The van der Waals surface area contributed by atoms with Crippen molar-refractivity contribution in [2.75, 3.05) is 13.2 Å². The topological polar surface area (TPSA) is 206 Å². The monoisotopic (exact) mass is 456 g/mol. The number of sulfonamides is 1. The van der Waals surface area contributed by atoms with Gasteiger partial charge in [0.25, 0.3) is 0 Å². The van der Waals surface area contributed by atoms with Gasteiger partial charge in [-0.25, -0.2) is 8.42 Å². The number of benzene rings is 1. The van der Waals surface area contributed by atoms with Crippen molar-refractivity contribution in [1.29, 1.82) is 0 Å². The molecule has 1 rings (SSSR count). The van der Waals surface area contributed by atoms with Crippen LogP contribution in [0.15, 0.2) is 40.2 Å². The minimum absolute atomic E-state index is 0.0793. The summed E-state index contributed by atoms with van der Waals surface area (Å²) in [5.74, 6) is -1.64. The van der Waals surface area contributed by atoms with Gasteiger partial charge in [-0.15, -0.1) is 0 Å². The van der Waals surface area contributed by atoms with Crippen LogP contribution in [-0.2, 0) is 24.4 Å². The lowest BCUT2D eigenvalue weighted by atomic mass is 10.1. The molecule has 0 heterocycles. The molecule has 13 heteroatoms. The molecule has 31 heavy (non-hydrogen) atoms. The normalized spacial score (nSPS) is 14.0. The summed E-state index contributed by atoms with van der Waals surface area (Å²) in [4.78, 5) is 39.4. The van der Waals surface area contributed by atoms with Gasteiger partial charge in [0.15, 0.2) is 5.96 Å². The van der Waals surface area contributed by atoms with Gasteiger partial charge in [0.2, 0.25) is 21.8 Å². The number of aliphatic hydroxyl groups excluding tert-OH is 1. The average molecular weight is 457 g/mol. The van der Waals surface area contributed by atoms with Crippen molar-refractivity contribution in [2.45, 2.75) is 42.8 Å². The number of aliphatic hydroxyl groups is 1. The van der Waals surface area contributed by atoms with E-state index in [1.165, 1.54) is 31.2 Å². The molecule has 8 N–H and O–H groups in total. The van der Waals surface area contributed by atoms with Gasteiger partial charge in [0.05, 0.1) is 17.5 Å². The predicted octanol–water partition coefficient (Wildman–Crippen LogP) is -2.43. The molecule has 1 aromatic rings. The maximum Gasteiger partial charge on any atom is 0.242 e. The van der Waals surface area contributed by atoms with Crippen molar-refractivity contribution in [3.63, 3.8) is 0 Å². The molecule has 0 aliphatic rings. The third-order valence-electron chi connectivity index (χ3n) is 4.06. The van der Waals surface area contributed by atoms with Gasteiger partial charge in [-0.2, -0.15) is 4.72 Å². The van der Waals surface area contributed by atoms with Gasteiger partial charge in [-0.3, -0.25) is 14.6 Å². The van der Waals surface area contributed by atoms with Crippen LogP contribution < -0.4 is 26.8 Å². The van der Waals surface area contributed by atoms with Gasteiger partial charge in [0, 0.05) is 6.54 Å². The van der Waals surface area contributed by atoms with E-state index in [0.717, 1.165) is 0 Å². The van der Waals surface area contributed by atoms with E-state index in [9.17, 15) is 27.9 Å². The van der Waals surface area contributed by atoms with E-state index < -0.39 is 46.6 Å². The van der Waals surface area contributed by atoms with Crippen LogP contribution >= 0.6 is 0 Å².